The number of hydrogen-bond acceptors (Lipinski definition) is 2. The minimum absolute atomic E-state index is 0.0750. The molecular formula is C19H16BrNOS. The number of hydrogen-bond donors (Lipinski definition) is 1. The number of aryl methyl sites for hydroxylation is 2. The molecule has 0 spiro atoms. The third-order valence-electron chi connectivity index (χ3n) is 3.49. The van der Waals surface area contributed by atoms with Crippen molar-refractivity contribution >= 4 is 27.7 Å². The van der Waals surface area contributed by atoms with Crippen LogP contribution in [-0.2, 0) is 12.8 Å². The summed E-state index contributed by atoms with van der Waals surface area (Å²) in [7, 11) is 0. The van der Waals surface area contributed by atoms with Gasteiger partial charge in [-0.15, -0.1) is 0 Å². The van der Waals surface area contributed by atoms with Gasteiger partial charge in [-0.3, -0.25) is 4.79 Å². The number of rotatable bonds is 5. The summed E-state index contributed by atoms with van der Waals surface area (Å²) in [6, 6.07) is 22.4. The van der Waals surface area contributed by atoms with Crippen LogP contribution in [0.5, 0.6) is 0 Å². The fourth-order valence-electron chi connectivity index (χ4n) is 2.32. The first-order valence-electron chi connectivity index (χ1n) is 7.41. The number of halogens is 1. The van der Waals surface area contributed by atoms with Crippen LogP contribution in [-0.4, -0.2) is 4.98 Å². The average Bonchev–Trinajstić information content (AvgIpc) is 2.59. The minimum Gasteiger partial charge on any atom is -0.325 e. The zero-order chi connectivity index (χ0) is 16.1. The van der Waals surface area contributed by atoms with E-state index in [1.54, 1.807) is 11.8 Å². The average molecular weight is 386 g/mol. The van der Waals surface area contributed by atoms with Gasteiger partial charge in [0.15, 0.2) is 0 Å². The molecule has 0 radical (unpaired) electrons. The zero-order valence-electron chi connectivity index (χ0n) is 12.5. The van der Waals surface area contributed by atoms with Gasteiger partial charge in [0, 0.05) is 15.5 Å². The predicted molar refractivity (Wildman–Crippen MR) is 99.2 cm³/mol. The highest BCUT2D eigenvalue weighted by Gasteiger charge is 2.09. The fourth-order valence-corrected chi connectivity index (χ4v) is 3.71. The Bertz CT molecular complexity index is 831. The molecule has 0 amide bonds. The molecule has 0 saturated heterocycles. The lowest BCUT2D eigenvalue weighted by molar-refractivity contribution is 0.891. The Morgan fingerprint density at radius 3 is 2.26 bits per heavy atom. The summed E-state index contributed by atoms with van der Waals surface area (Å²) in [6.07, 6.45) is 1.72. The molecule has 2 nitrogen and oxygen atoms in total. The van der Waals surface area contributed by atoms with Gasteiger partial charge in [0.25, 0.3) is 5.56 Å². The Labute approximate surface area is 148 Å². The van der Waals surface area contributed by atoms with Crippen molar-refractivity contribution in [2.45, 2.75) is 22.6 Å². The molecule has 1 heterocycles. The molecule has 0 atom stereocenters. The number of H-pyrrole nitrogens is 1. The summed E-state index contributed by atoms with van der Waals surface area (Å²) in [5.41, 5.74) is 2.16. The summed E-state index contributed by atoms with van der Waals surface area (Å²) in [6.45, 7) is 0. The Hall–Kier alpha value is -1.78. The molecule has 0 bridgehead atoms. The van der Waals surface area contributed by atoms with Crippen LogP contribution < -0.4 is 5.56 Å². The monoisotopic (exact) mass is 385 g/mol. The van der Waals surface area contributed by atoms with Crippen molar-refractivity contribution < 1.29 is 0 Å². The lowest BCUT2D eigenvalue weighted by Gasteiger charge is -2.08. The fraction of sp³-hybridized carbons (Fsp3) is 0.105. The van der Waals surface area contributed by atoms with Gasteiger partial charge in [0.2, 0.25) is 0 Å². The summed E-state index contributed by atoms with van der Waals surface area (Å²) >= 11 is 5.00. The van der Waals surface area contributed by atoms with Crippen molar-refractivity contribution in [2.24, 2.45) is 0 Å². The third kappa shape index (κ3) is 4.36. The standard InChI is InChI=1S/C19H16BrNOS/c20-18-17(23-16-9-5-2-6-10-16)13-15(21-19(18)22)12-11-14-7-3-1-4-8-14/h1-10,13H,11-12H2,(H,21,22). The topological polar surface area (TPSA) is 32.9 Å². The molecule has 4 heteroatoms. The number of aromatic nitrogens is 1. The first-order chi connectivity index (χ1) is 11.2. The first kappa shape index (κ1) is 16.1. The van der Waals surface area contributed by atoms with Crippen molar-refractivity contribution in [2.75, 3.05) is 0 Å². The van der Waals surface area contributed by atoms with E-state index in [-0.39, 0.29) is 5.56 Å². The molecule has 3 rings (SSSR count). The van der Waals surface area contributed by atoms with E-state index >= 15 is 0 Å². The van der Waals surface area contributed by atoms with Crippen molar-refractivity contribution in [1.29, 1.82) is 0 Å². The molecule has 0 unspecified atom stereocenters. The van der Waals surface area contributed by atoms with Crippen LogP contribution in [0.25, 0.3) is 0 Å². The summed E-state index contributed by atoms with van der Waals surface area (Å²) < 4.78 is 0.592. The molecule has 0 aliphatic carbocycles. The van der Waals surface area contributed by atoms with E-state index in [2.05, 4.69) is 39.1 Å². The van der Waals surface area contributed by atoms with E-state index in [0.717, 1.165) is 28.3 Å². The van der Waals surface area contributed by atoms with Crippen molar-refractivity contribution in [1.82, 2.24) is 4.98 Å². The highest BCUT2D eigenvalue weighted by Crippen LogP contribution is 2.31. The van der Waals surface area contributed by atoms with Gasteiger partial charge < -0.3 is 4.98 Å². The van der Waals surface area contributed by atoms with Gasteiger partial charge in [0.1, 0.15) is 0 Å². The third-order valence-corrected chi connectivity index (χ3v) is 5.59. The van der Waals surface area contributed by atoms with Gasteiger partial charge in [-0.2, -0.15) is 0 Å². The Kier molecular flexibility index (Phi) is 5.36. The molecule has 0 saturated carbocycles. The molecule has 0 fully saturated rings. The molecule has 116 valence electrons. The van der Waals surface area contributed by atoms with Crippen LogP contribution in [0.1, 0.15) is 11.3 Å². The normalized spacial score (nSPS) is 10.7. The van der Waals surface area contributed by atoms with Crippen LogP contribution in [0.4, 0.5) is 0 Å². The first-order valence-corrected chi connectivity index (χ1v) is 9.02. The Morgan fingerprint density at radius 1 is 0.913 bits per heavy atom. The number of aromatic amines is 1. The highest BCUT2D eigenvalue weighted by atomic mass is 79.9. The quantitative estimate of drug-likeness (QED) is 0.664. The summed E-state index contributed by atoms with van der Waals surface area (Å²) in [5.74, 6) is 0. The maximum Gasteiger partial charge on any atom is 0.263 e. The largest absolute Gasteiger partial charge is 0.325 e. The lowest BCUT2D eigenvalue weighted by Crippen LogP contribution is -2.11. The second kappa shape index (κ2) is 7.66. The van der Waals surface area contributed by atoms with Gasteiger partial charge >= 0.3 is 0 Å². The van der Waals surface area contributed by atoms with Crippen molar-refractivity contribution in [3.8, 4) is 0 Å². The second-order valence-corrected chi connectivity index (χ2v) is 7.11. The lowest BCUT2D eigenvalue weighted by atomic mass is 10.1. The predicted octanol–water partition coefficient (Wildman–Crippen LogP) is 5.07. The van der Waals surface area contributed by atoms with E-state index in [0.29, 0.717) is 4.47 Å². The summed E-state index contributed by atoms with van der Waals surface area (Å²) in [5, 5.41) is 0. The van der Waals surface area contributed by atoms with E-state index in [1.165, 1.54) is 5.56 Å². The summed E-state index contributed by atoms with van der Waals surface area (Å²) in [4.78, 5) is 17.2. The smallest absolute Gasteiger partial charge is 0.263 e. The van der Waals surface area contributed by atoms with Crippen molar-refractivity contribution in [3.63, 3.8) is 0 Å². The van der Waals surface area contributed by atoms with E-state index in [9.17, 15) is 4.79 Å². The molecule has 0 aliphatic rings. The minimum atomic E-state index is -0.0750. The van der Waals surface area contributed by atoms with E-state index in [4.69, 9.17) is 0 Å². The number of nitrogens with one attached hydrogen (secondary N) is 1. The van der Waals surface area contributed by atoms with Gasteiger partial charge in [-0.25, -0.2) is 0 Å². The van der Waals surface area contributed by atoms with Crippen LogP contribution in [0.15, 0.2) is 85.8 Å². The second-order valence-electron chi connectivity index (χ2n) is 5.20. The van der Waals surface area contributed by atoms with Crippen molar-refractivity contribution in [3.05, 3.63) is 92.8 Å². The van der Waals surface area contributed by atoms with Gasteiger partial charge in [-0.1, -0.05) is 60.3 Å². The van der Waals surface area contributed by atoms with Crippen LogP contribution in [0.3, 0.4) is 0 Å². The van der Waals surface area contributed by atoms with E-state index in [1.807, 2.05) is 48.5 Å². The molecule has 2 aromatic carbocycles. The van der Waals surface area contributed by atoms with Gasteiger partial charge in [-0.05, 0) is 52.5 Å². The molecule has 1 N–H and O–H groups in total. The molecule has 1 aromatic heterocycles. The molecule has 0 aliphatic heterocycles. The highest BCUT2D eigenvalue weighted by molar-refractivity contribution is 9.10. The Balaban J connectivity index is 1.80. The van der Waals surface area contributed by atoms with Gasteiger partial charge in [0.05, 0.1) is 4.47 Å². The van der Waals surface area contributed by atoms with E-state index < -0.39 is 0 Å². The number of benzene rings is 2. The number of pyridine rings is 1. The zero-order valence-corrected chi connectivity index (χ0v) is 14.9. The maximum atomic E-state index is 12.1. The molecular weight excluding hydrogens is 370 g/mol. The SMILES string of the molecule is O=c1[nH]c(CCc2ccccc2)cc(Sc2ccccc2)c1Br. The van der Waals surface area contributed by atoms with Crippen LogP contribution in [0, 0.1) is 0 Å². The Morgan fingerprint density at radius 2 is 1.57 bits per heavy atom. The van der Waals surface area contributed by atoms with Crippen LogP contribution >= 0.6 is 27.7 Å². The molecule has 23 heavy (non-hydrogen) atoms. The molecule has 3 aromatic rings. The van der Waals surface area contributed by atoms with Crippen LogP contribution in [0.2, 0.25) is 0 Å². The maximum absolute atomic E-state index is 12.1.